The molecule has 2 heterocycles. The van der Waals surface area contributed by atoms with E-state index in [-0.39, 0.29) is 20.1 Å². The van der Waals surface area contributed by atoms with Crippen LogP contribution in [0.15, 0.2) is 54.7 Å². The third-order valence-corrected chi connectivity index (χ3v) is 4.04. The van der Waals surface area contributed by atoms with E-state index in [1.54, 1.807) is 19.2 Å². The predicted molar refractivity (Wildman–Crippen MR) is 87.2 cm³/mol. The van der Waals surface area contributed by atoms with Gasteiger partial charge in [-0.2, -0.15) is 13.2 Å². The summed E-state index contributed by atoms with van der Waals surface area (Å²) >= 11 is 0. The summed E-state index contributed by atoms with van der Waals surface area (Å²) in [5, 5.41) is 0.391. The zero-order valence-corrected chi connectivity index (χ0v) is 15.5. The van der Waals surface area contributed by atoms with E-state index in [4.69, 9.17) is 0 Å². The molecule has 0 aliphatic rings. The minimum absolute atomic E-state index is 0. The van der Waals surface area contributed by atoms with Gasteiger partial charge < -0.3 is 9.55 Å². The first kappa shape index (κ1) is 17.6. The summed E-state index contributed by atoms with van der Waals surface area (Å²) in [7, 11) is 0. The molecular formula is C19H12F3IrN2-. The van der Waals surface area contributed by atoms with Crippen molar-refractivity contribution in [3.05, 3.63) is 71.9 Å². The molecule has 0 saturated carbocycles. The molecule has 25 heavy (non-hydrogen) atoms. The minimum atomic E-state index is -4.44. The van der Waals surface area contributed by atoms with Crippen molar-refractivity contribution in [2.45, 2.75) is 13.1 Å². The van der Waals surface area contributed by atoms with Crippen LogP contribution in [-0.4, -0.2) is 9.55 Å². The Labute approximate surface area is 155 Å². The fourth-order valence-electron chi connectivity index (χ4n) is 3.06. The van der Waals surface area contributed by atoms with Crippen molar-refractivity contribution < 1.29 is 33.3 Å². The number of fused-ring (bicyclic) bond motifs is 3. The molecule has 0 aliphatic heterocycles. The fraction of sp³-hybridized carbons (Fsp3) is 0.105. The second kappa shape index (κ2) is 6.28. The van der Waals surface area contributed by atoms with Crippen LogP contribution in [0.5, 0.6) is 0 Å². The number of pyridine rings is 1. The summed E-state index contributed by atoms with van der Waals surface area (Å²) in [6.45, 7) is 1.68. The van der Waals surface area contributed by atoms with Gasteiger partial charge in [-0.15, -0.1) is 17.7 Å². The van der Waals surface area contributed by atoms with Crippen LogP contribution < -0.4 is 0 Å². The molecule has 0 amide bonds. The number of rotatable bonds is 1. The van der Waals surface area contributed by atoms with Gasteiger partial charge in [0.15, 0.2) is 0 Å². The summed E-state index contributed by atoms with van der Waals surface area (Å²) < 4.78 is 41.4. The van der Waals surface area contributed by atoms with Crippen molar-refractivity contribution in [1.29, 1.82) is 0 Å². The summed E-state index contributed by atoms with van der Waals surface area (Å²) in [5.41, 5.74) is 2.62. The molecule has 0 aliphatic carbocycles. The molecule has 6 heteroatoms. The van der Waals surface area contributed by atoms with Crippen molar-refractivity contribution in [2.24, 2.45) is 0 Å². The molecule has 0 bridgehead atoms. The SMILES string of the molecule is Cc1cc(C(F)(F)F)[c-]c2c3ncccc3n(-c3ccccc3)c12.[Ir]. The third-order valence-electron chi connectivity index (χ3n) is 4.04. The van der Waals surface area contributed by atoms with Crippen LogP contribution in [0.3, 0.4) is 0 Å². The van der Waals surface area contributed by atoms with Gasteiger partial charge in [-0.05, 0) is 35.3 Å². The number of aromatic nitrogens is 2. The van der Waals surface area contributed by atoms with Gasteiger partial charge >= 0.3 is 6.18 Å². The molecule has 0 spiro atoms. The van der Waals surface area contributed by atoms with Gasteiger partial charge in [0.05, 0.1) is 0 Å². The molecule has 0 fully saturated rings. The van der Waals surface area contributed by atoms with Gasteiger partial charge in [0.1, 0.15) is 0 Å². The minimum Gasteiger partial charge on any atom is -0.357 e. The van der Waals surface area contributed by atoms with E-state index < -0.39 is 11.7 Å². The van der Waals surface area contributed by atoms with E-state index in [0.29, 0.717) is 22.0 Å². The van der Waals surface area contributed by atoms with Crippen LogP contribution in [0.25, 0.3) is 27.6 Å². The maximum absolute atomic E-state index is 13.2. The smallest absolute Gasteiger partial charge is 0.357 e. The number of alkyl halides is 3. The molecule has 2 aromatic heterocycles. The summed E-state index contributed by atoms with van der Waals surface area (Å²) in [6, 6.07) is 16.8. The first-order valence-corrected chi connectivity index (χ1v) is 7.41. The number of halogens is 3. The van der Waals surface area contributed by atoms with E-state index in [9.17, 15) is 13.2 Å². The van der Waals surface area contributed by atoms with E-state index >= 15 is 0 Å². The number of aryl methyl sites for hydroxylation is 1. The Morgan fingerprint density at radius 3 is 2.44 bits per heavy atom. The van der Waals surface area contributed by atoms with Crippen molar-refractivity contribution >= 4 is 21.9 Å². The summed E-state index contributed by atoms with van der Waals surface area (Å²) in [5.74, 6) is 0. The summed E-state index contributed by atoms with van der Waals surface area (Å²) in [6.07, 6.45) is -2.85. The molecule has 4 aromatic rings. The molecule has 4 rings (SSSR count). The van der Waals surface area contributed by atoms with Gasteiger partial charge in [-0.25, -0.2) is 0 Å². The van der Waals surface area contributed by atoms with Crippen LogP contribution in [-0.2, 0) is 26.3 Å². The molecule has 2 aromatic carbocycles. The Kier molecular flexibility index (Phi) is 4.43. The zero-order chi connectivity index (χ0) is 16.9. The Morgan fingerprint density at radius 2 is 1.76 bits per heavy atom. The molecule has 0 atom stereocenters. The van der Waals surface area contributed by atoms with Gasteiger partial charge in [-0.3, -0.25) is 0 Å². The van der Waals surface area contributed by atoms with E-state index in [1.807, 2.05) is 41.0 Å². The topological polar surface area (TPSA) is 17.8 Å². The van der Waals surface area contributed by atoms with Crippen molar-refractivity contribution in [2.75, 3.05) is 0 Å². The van der Waals surface area contributed by atoms with E-state index in [2.05, 4.69) is 11.1 Å². The zero-order valence-electron chi connectivity index (χ0n) is 13.1. The Morgan fingerprint density at radius 1 is 1.04 bits per heavy atom. The van der Waals surface area contributed by atoms with Gasteiger partial charge in [0.2, 0.25) is 0 Å². The van der Waals surface area contributed by atoms with Crippen molar-refractivity contribution in [3.8, 4) is 5.69 Å². The molecule has 129 valence electrons. The normalized spacial score (nSPS) is 11.7. The molecule has 0 saturated heterocycles. The van der Waals surface area contributed by atoms with Crippen LogP contribution in [0.4, 0.5) is 13.2 Å². The third kappa shape index (κ3) is 2.86. The number of hydrogen-bond acceptors (Lipinski definition) is 1. The maximum atomic E-state index is 13.2. The predicted octanol–water partition coefficient (Wildman–Crippen LogP) is 5.30. The standard InChI is InChI=1S/C19H12F3N2.Ir/c1-12-10-13(19(20,21)22)11-15-17-16(8-5-9-23-17)24(18(12)15)14-6-3-2-4-7-14;/h2-10H,1H3;/q-1;. The maximum Gasteiger partial charge on any atom is 0.399 e. The number of benzene rings is 2. The average molecular weight is 518 g/mol. The van der Waals surface area contributed by atoms with Crippen LogP contribution in [0, 0.1) is 13.0 Å². The second-order valence-corrected chi connectivity index (χ2v) is 5.63. The molecule has 2 nitrogen and oxygen atoms in total. The monoisotopic (exact) mass is 518 g/mol. The molecule has 0 N–H and O–H groups in total. The van der Waals surface area contributed by atoms with Crippen LogP contribution in [0.1, 0.15) is 11.1 Å². The molecule has 0 unspecified atom stereocenters. The quantitative estimate of drug-likeness (QED) is 0.313. The largest absolute Gasteiger partial charge is 0.399 e. The Bertz CT molecular complexity index is 1050. The van der Waals surface area contributed by atoms with Gasteiger partial charge in [0.25, 0.3) is 0 Å². The molecular weight excluding hydrogens is 505 g/mol. The number of para-hydroxylation sites is 1. The van der Waals surface area contributed by atoms with Gasteiger partial charge in [0, 0.05) is 43.0 Å². The van der Waals surface area contributed by atoms with E-state index in [0.717, 1.165) is 17.3 Å². The Balaban J connectivity index is 0.00000182. The Hall–Kier alpha value is -2.17. The first-order valence-electron chi connectivity index (χ1n) is 7.41. The van der Waals surface area contributed by atoms with Crippen LogP contribution in [0.2, 0.25) is 0 Å². The number of hydrogen-bond donors (Lipinski definition) is 0. The first-order chi connectivity index (χ1) is 11.5. The van der Waals surface area contributed by atoms with Crippen molar-refractivity contribution in [3.63, 3.8) is 0 Å². The fourth-order valence-corrected chi connectivity index (χ4v) is 3.06. The molecule has 1 radical (unpaired) electrons. The summed E-state index contributed by atoms with van der Waals surface area (Å²) in [4.78, 5) is 4.30. The second-order valence-electron chi connectivity index (χ2n) is 5.63. The van der Waals surface area contributed by atoms with Gasteiger partial charge in [-0.1, -0.05) is 30.5 Å². The van der Waals surface area contributed by atoms with Crippen LogP contribution >= 0.6 is 0 Å². The number of nitrogens with zero attached hydrogens (tertiary/aromatic N) is 2. The van der Waals surface area contributed by atoms with Crippen molar-refractivity contribution in [1.82, 2.24) is 9.55 Å². The van der Waals surface area contributed by atoms with E-state index in [1.165, 1.54) is 0 Å². The average Bonchev–Trinajstić information content (AvgIpc) is 2.90.